The molecule has 5 heteroatoms. The minimum Gasteiger partial charge on any atom is -0.388 e. The van der Waals surface area contributed by atoms with Gasteiger partial charge in [0.2, 0.25) is 0 Å². The van der Waals surface area contributed by atoms with Crippen LogP contribution < -0.4 is 0 Å². The highest BCUT2D eigenvalue weighted by Gasteiger charge is 2.12. The highest BCUT2D eigenvalue weighted by Crippen LogP contribution is 2.30. The Balaban J connectivity index is 2.20. The lowest BCUT2D eigenvalue weighted by molar-refractivity contribution is 0.178. The number of hydrogen-bond acceptors (Lipinski definition) is 1. The van der Waals surface area contributed by atoms with Crippen molar-refractivity contribution in [3.8, 4) is 0 Å². The molecule has 0 aliphatic heterocycles. The smallest absolute Gasteiger partial charge is 0.0831 e. The van der Waals surface area contributed by atoms with Crippen molar-refractivity contribution in [2.75, 3.05) is 0 Å². The standard InChI is InChI=1S/C14H10Br3ClO/c15-10-3-1-8(13(18)7-10)6-14(19)9-2-4-11(16)12(17)5-9/h1-5,7,14,19H,6H2. The third kappa shape index (κ3) is 4.05. The summed E-state index contributed by atoms with van der Waals surface area (Å²) >= 11 is 16.4. The summed E-state index contributed by atoms with van der Waals surface area (Å²) in [6.45, 7) is 0. The second kappa shape index (κ2) is 6.72. The van der Waals surface area contributed by atoms with Crippen molar-refractivity contribution in [1.82, 2.24) is 0 Å². The van der Waals surface area contributed by atoms with Gasteiger partial charge in [-0.05, 0) is 67.3 Å². The first-order valence-electron chi connectivity index (χ1n) is 5.54. The van der Waals surface area contributed by atoms with Crippen LogP contribution in [0.15, 0.2) is 49.8 Å². The summed E-state index contributed by atoms with van der Waals surface area (Å²) < 4.78 is 2.82. The fourth-order valence-electron chi connectivity index (χ4n) is 1.73. The highest BCUT2D eigenvalue weighted by molar-refractivity contribution is 9.13. The monoisotopic (exact) mass is 466 g/mol. The van der Waals surface area contributed by atoms with Crippen LogP contribution in [0.4, 0.5) is 0 Å². The van der Waals surface area contributed by atoms with Crippen molar-refractivity contribution in [1.29, 1.82) is 0 Å². The lowest BCUT2D eigenvalue weighted by atomic mass is 10.0. The van der Waals surface area contributed by atoms with Gasteiger partial charge in [0.25, 0.3) is 0 Å². The Kier molecular flexibility index (Phi) is 5.49. The molecule has 0 fully saturated rings. The summed E-state index contributed by atoms with van der Waals surface area (Å²) in [6.07, 6.45) is -0.0942. The lowest BCUT2D eigenvalue weighted by Crippen LogP contribution is -2.02. The van der Waals surface area contributed by atoms with E-state index in [9.17, 15) is 5.11 Å². The maximum atomic E-state index is 10.3. The summed E-state index contributed by atoms with van der Waals surface area (Å²) in [5.41, 5.74) is 1.78. The molecule has 0 aliphatic carbocycles. The molecule has 2 aromatic carbocycles. The molecule has 0 amide bonds. The maximum Gasteiger partial charge on any atom is 0.0831 e. The van der Waals surface area contributed by atoms with Crippen LogP contribution >= 0.6 is 59.4 Å². The van der Waals surface area contributed by atoms with Gasteiger partial charge in [-0.1, -0.05) is 39.7 Å². The SMILES string of the molecule is OC(Cc1ccc(Br)cc1Cl)c1ccc(Br)c(Br)c1. The molecule has 1 nitrogen and oxygen atoms in total. The Morgan fingerprint density at radius 2 is 1.74 bits per heavy atom. The van der Waals surface area contributed by atoms with Crippen molar-refractivity contribution in [3.63, 3.8) is 0 Å². The molecule has 0 saturated heterocycles. The average molecular weight is 469 g/mol. The third-order valence-electron chi connectivity index (χ3n) is 2.76. The zero-order valence-corrected chi connectivity index (χ0v) is 15.2. The fraction of sp³-hybridized carbons (Fsp3) is 0.143. The van der Waals surface area contributed by atoms with Gasteiger partial charge >= 0.3 is 0 Å². The molecule has 0 aliphatic rings. The Morgan fingerprint density at radius 1 is 1.00 bits per heavy atom. The lowest BCUT2D eigenvalue weighted by Gasteiger charge is -2.13. The van der Waals surface area contributed by atoms with E-state index >= 15 is 0 Å². The second-order valence-electron chi connectivity index (χ2n) is 4.13. The van der Waals surface area contributed by atoms with Gasteiger partial charge in [-0.25, -0.2) is 0 Å². The van der Waals surface area contributed by atoms with E-state index in [0.29, 0.717) is 11.4 Å². The molecular formula is C14H10Br3ClO. The molecule has 0 bridgehead atoms. The van der Waals surface area contributed by atoms with Crippen molar-refractivity contribution in [2.24, 2.45) is 0 Å². The van der Waals surface area contributed by atoms with Gasteiger partial charge in [0.05, 0.1) is 6.10 Å². The maximum absolute atomic E-state index is 10.3. The number of rotatable bonds is 3. The van der Waals surface area contributed by atoms with Crippen LogP contribution in [0, 0.1) is 0 Å². The minimum atomic E-state index is -0.580. The van der Waals surface area contributed by atoms with E-state index in [2.05, 4.69) is 47.8 Å². The summed E-state index contributed by atoms with van der Waals surface area (Å²) in [6, 6.07) is 11.4. The summed E-state index contributed by atoms with van der Waals surface area (Å²) in [4.78, 5) is 0. The van der Waals surface area contributed by atoms with E-state index < -0.39 is 6.10 Å². The van der Waals surface area contributed by atoms with E-state index in [4.69, 9.17) is 11.6 Å². The molecule has 0 saturated carbocycles. The Bertz CT molecular complexity index is 601. The first-order valence-corrected chi connectivity index (χ1v) is 8.30. The van der Waals surface area contributed by atoms with E-state index in [1.165, 1.54) is 0 Å². The first kappa shape index (κ1) is 15.5. The van der Waals surface area contributed by atoms with Crippen LogP contribution in [0.1, 0.15) is 17.2 Å². The van der Waals surface area contributed by atoms with Crippen LogP contribution in [0.25, 0.3) is 0 Å². The van der Waals surface area contributed by atoms with Gasteiger partial charge in [-0.2, -0.15) is 0 Å². The third-order valence-corrected chi connectivity index (χ3v) is 5.48. The van der Waals surface area contributed by atoms with Crippen LogP contribution in [-0.2, 0) is 6.42 Å². The van der Waals surface area contributed by atoms with Crippen molar-refractivity contribution < 1.29 is 5.11 Å². The molecule has 1 atom stereocenters. The molecule has 1 N–H and O–H groups in total. The van der Waals surface area contributed by atoms with Gasteiger partial charge in [-0.3, -0.25) is 0 Å². The second-order valence-corrected chi connectivity index (χ2v) is 7.16. The molecule has 2 aromatic rings. The number of aliphatic hydroxyl groups excluding tert-OH is 1. The van der Waals surface area contributed by atoms with Crippen LogP contribution in [-0.4, -0.2) is 5.11 Å². The molecular weight excluding hydrogens is 459 g/mol. The predicted molar refractivity (Wildman–Crippen MR) is 89.7 cm³/mol. The number of aliphatic hydroxyl groups is 1. The quantitative estimate of drug-likeness (QED) is 0.593. The molecule has 2 rings (SSSR count). The predicted octanol–water partition coefficient (Wildman–Crippen LogP) is 5.90. The van der Waals surface area contributed by atoms with E-state index in [0.717, 1.165) is 24.5 Å². The summed E-state index contributed by atoms with van der Waals surface area (Å²) in [5, 5.41) is 10.9. The van der Waals surface area contributed by atoms with E-state index in [1.54, 1.807) is 0 Å². The Hall–Kier alpha value is 0.130. The molecule has 19 heavy (non-hydrogen) atoms. The van der Waals surface area contributed by atoms with Gasteiger partial charge in [0, 0.05) is 24.9 Å². The molecule has 100 valence electrons. The Labute approximate surface area is 142 Å². The van der Waals surface area contributed by atoms with E-state index in [-0.39, 0.29) is 0 Å². The van der Waals surface area contributed by atoms with Crippen molar-refractivity contribution >= 4 is 59.4 Å². The molecule has 1 unspecified atom stereocenters. The minimum absolute atomic E-state index is 0.486. The van der Waals surface area contributed by atoms with Crippen molar-refractivity contribution in [2.45, 2.75) is 12.5 Å². The summed E-state index contributed by atoms with van der Waals surface area (Å²) in [7, 11) is 0. The van der Waals surface area contributed by atoms with Gasteiger partial charge in [0.15, 0.2) is 0 Å². The number of halogens is 4. The zero-order chi connectivity index (χ0) is 14.0. The topological polar surface area (TPSA) is 20.2 Å². The molecule has 0 spiro atoms. The van der Waals surface area contributed by atoms with Gasteiger partial charge in [-0.15, -0.1) is 0 Å². The first-order chi connectivity index (χ1) is 8.97. The van der Waals surface area contributed by atoms with Gasteiger partial charge in [0.1, 0.15) is 0 Å². The van der Waals surface area contributed by atoms with Gasteiger partial charge < -0.3 is 5.11 Å². The largest absolute Gasteiger partial charge is 0.388 e. The number of benzene rings is 2. The van der Waals surface area contributed by atoms with E-state index in [1.807, 2.05) is 36.4 Å². The molecule has 0 heterocycles. The normalized spacial score (nSPS) is 12.5. The van der Waals surface area contributed by atoms with Crippen molar-refractivity contribution in [3.05, 3.63) is 66.0 Å². The van der Waals surface area contributed by atoms with Crippen LogP contribution in [0.2, 0.25) is 5.02 Å². The zero-order valence-electron chi connectivity index (χ0n) is 9.71. The highest BCUT2D eigenvalue weighted by atomic mass is 79.9. The summed E-state index contributed by atoms with van der Waals surface area (Å²) in [5.74, 6) is 0. The molecule has 0 aromatic heterocycles. The fourth-order valence-corrected chi connectivity index (χ4v) is 3.13. The van der Waals surface area contributed by atoms with Crippen LogP contribution in [0.5, 0.6) is 0 Å². The number of hydrogen-bond donors (Lipinski definition) is 1. The molecule has 0 radical (unpaired) electrons. The van der Waals surface area contributed by atoms with Crippen LogP contribution in [0.3, 0.4) is 0 Å². The Morgan fingerprint density at radius 3 is 2.37 bits per heavy atom. The average Bonchev–Trinajstić information content (AvgIpc) is 2.36.